The quantitative estimate of drug-likeness (QED) is 0.397. The van der Waals surface area contributed by atoms with Crippen molar-refractivity contribution in [1.29, 1.82) is 0 Å². The first-order valence-corrected chi connectivity index (χ1v) is 11.3. The minimum atomic E-state index is 0. The Labute approximate surface area is 204 Å². The molecule has 0 atom stereocenters. The molecule has 3 heteroatoms. The molecule has 0 bridgehead atoms. The van der Waals surface area contributed by atoms with E-state index in [9.17, 15) is 0 Å². The molecule has 1 saturated carbocycles. The van der Waals surface area contributed by atoms with E-state index >= 15 is 0 Å². The summed E-state index contributed by atoms with van der Waals surface area (Å²) in [5.41, 5.74) is 8.21. The maximum absolute atomic E-state index is 3.38. The number of hydrogen-bond acceptors (Lipinski definition) is 0. The van der Waals surface area contributed by atoms with Crippen molar-refractivity contribution in [2.24, 2.45) is 0 Å². The van der Waals surface area contributed by atoms with Gasteiger partial charge in [-0.25, -0.2) is 12.2 Å². The number of aryl methyl sites for hydroxylation is 2. The summed E-state index contributed by atoms with van der Waals surface area (Å²) in [5.74, 6) is 0. The van der Waals surface area contributed by atoms with Crippen LogP contribution in [0.1, 0.15) is 60.8 Å². The molecule has 29 heavy (non-hydrogen) atoms. The molecule has 3 aliphatic carbocycles. The van der Waals surface area contributed by atoms with Crippen LogP contribution in [-0.2, 0) is 30.7 Å². The van der Waals surface area contributed by atoms with Crippen LogP contribution in [0.4, 0.5) is 0 Å². The number of fused-ring (bicyclic) bond motifs is 3. The van der Waals surface area contributed by atoms with Crippen LogP contribution in [0.2, 0.25) is 0 Å². The summed E-state index contributed by atoms with van der Waals surface area (Å²) in [7, 11) is 0. The van der Waals surface area contributed by atoms with Crippen molar-refractivity contribution in [1.82, 2.24) is 0 Å². The van der Waals surface area contributed by atoms with Crippen LogP contribution in [0.25, 0.3) is 11.1 Å². The Morgan fingerprint density at radius 1 is 0.897 bits per heavy atom. The van der Waals surface area contributed by atoms with Gasteiger partial charge in [0.2, 0.25) is 0 Å². The number of allylic oxidation sites excluding steroid dienone is 4. The van der Waals surface area contributed by atoms with Gasteiger partial charge >= 0.3 is 59.5 Å². The molecule has 2 aromatic carbocycles. The van der Waals surface area contributed by atoms with Gasteiger partial charge in [-0.15, -0.1) is 12.0 Å². The molecular weight excluding hydrogens is 474 g/mol. The molecule has 0 aromatic heterocycles. The predicted octanol–water partition coefficient (Wildman–Crippen LogP) is 0.658. The molecular formula is C26H28Cl2Zr-2. The topological polar surface area (TPSA) is 0 Å². The third-order valence-electron chi connectivity index (χ3n) is 5.14. The Hall–Kier alpha value is -0.747. The van der Waals surface area contributed by atoms with E-state index < -0.39 is 0 Å². The van der Waals surface area contributed by atoms with Crippen molar-refractivity contribution in [2.75, 3.05) is 0 Å². The van der Waals surface area contributed by atoms with Crippen molar-refractivity contribution in [3.05, 3.63) is 83.0 Å². The molecule has 0 spiro atoms. The van der Waals surface area contributed by atoms with Gasteiger partial charge in [0.15, 0.2) is 0 Å². The Morgan fingerprint density at radius 2 is 1.62 bits per heavy atom. The van der Waals surface area contributed by atoms with Gasteiger partial charge in [-0.1, -0.05) is 41.8 Å². The molecule has 0 amide bonds. The molecule has 0 aliphatic heterocycles. The van der Waals surface area contributed by atoms with E-state index in [-0.39, 0.29) is 24.8 Å². The summed E-state index contributed by atoms with van der Waals surface area (Å²) < 4.78 is 1.80. The number of halogens is 2. The maximum atomic E-state index is 3.38. The molecule has 0 nitrogen and oxygen atoms in total. The fraction of sp³-hybridized carbons (Fsp3) is 0.346. The molecule has 0 saturated heterocycles. The van der Waals surface area contributed by atoms with Gasteiger partial charge in [-0.3, -0.25) is 6.08 Å². The molecule has 3 aliphatic rings. The second kappa shape index (κ2) is 13.5. The van der Waals surface area contributed by atoms with Gasteiger partial charge in [-0.05, 0) is 13.3 Å². The molecule has 1 fully saturated rings. The van der Waals surface area contributed by atoms with Crippen molar-refractivity contribution >= 4 is 3.21 Å². The normalized spacial score (nSPS) is 15.0. The number of rotatable bonds is 0. The van der Waals surface area contributed by atoms with E-state index in [0.29, 0.717) is 0 Å². The van der Waals surface area contributed by atoms with Crippen LogP contribution in [-0.4, -0.2) is 3.21 Å². The SMILES string of the molecule is Cc1c[c-]c2c(c1)-c1cc(C)ccc1C2.[C-]1=CC=CC1.[Cl-].[Cl-].[Zr+2]=[C]1CCCCC1. The monoisotopic (exact) mass is 500 g/mol. The van der Waals surface area contributed by atoms with Crippen molar-refractivity contribution in [3.8, 4) is 11.1 Å². The average molecular weight is 503 g/mol. The second-order valence-electron chi connectivity index (χ2n) is 7.57. The molecule has 2 aromatic rings. The Kier molecular flexibility index (Phi) is 12.3. The summed E-state index contributed by atoms with van der Waals surface area (Å²) in [4.78, 5) is 0. The Balaban J connectivity index is 0.000000252. The first kappa shape index (κ1) is 26.3. The van der Waals surface area contributed by atoms with Gasteiger partial charge in [0.1, 0.15) is 0 Å². The molecule has 0 N–H and O–H groups in total. The molecule has 5 rings (SSSR count). The van der Waals surface area contributed by atoms with E-state index in [1.165, 1.54) is 65.5 Å². The first-order valence-electron chi connectivity index (χ1n) is 10.0. The summed E-state index contributed by atoms with van der Waals surface area (Å²) in [5, 5.41) is 0. The van der Waals surface area contributed by atoms with Gasteiger partial charge in [-0.2, -0.15) is 35.4 Å². The average Bonchev–Trinajstić information content (AvgIpc) is 3.35. The zero-order valence-electron chi connectivity index (χ0n) is 17.3. The first-order chi connectivity index (χ1) is 13.1. The number of hydrogen-bond donors (Lipinski definition) is 0. The summed E-state index contributed by atoms with van der Waals surface area (Å²) in [6, 6.07) is 14.5. The van der Waals surface area contributed by atoms with E-state index in [4.69, 9.17) is 0 Å². The summed E-state index contributed by atoms with van der Waals surface area (Å²) in [6.07, 6.45) is 18.4. The summed E-state index contributed by atoms with van der Waals surface area (Å²) >= 11 is 1.69. The molecule has 152 valence electrons. The van der Waals surface area contributed by atoms with E-state index in [2.05, 4.69) is 62.4 Å². The third-order valence-corrected chi connectivity index (χ3v) is 6.37. The zero-order chi connectivity index (χ0) is 19.1. The Bertz CT molecular complexity index is 798. The van der Waals surface area contributed by atoms with Crippen LogP contribution in [0.15, 0.2) is 48.6 Å². The minimum absolute atomic E-state index is 0. The molecule has 0 heterocycles. The van der Waals surface area contributed by atoms with E-state index in [1.54, 1.807) is 27.4 Å². The van der Waals surface area contributed by atoms with Crippen molar-refractivity contribution in [2.45, 2.75) is 58.8 Å². The third kappa shape index (κ3) is 8.12. The van der Waals surface area contributed by atoms with Gasteiger partial charge in [0.05, 0.1) is 0 Å². The zero-order valence-corrected chi connectivity index (χ0v) is 21.3. The second-order valence-corrected chi connectivity index (χ2v) is 9.31. The van der Waals surface area contributed by atoms with Crippen LogP contribution in [0, 0.1) is 26.0 Å². The van der Waals surface area contributed by atoms with Gasteiger partial charge in [0, 0.05) is 0 Å². The van der Waals surface area contributed by atoms with Crippen molar-refractivity contribution < 1.29 is 49.0 Å². The Morgan fingerprint density at radius 3 is 2.17 bits per heavy atom. The van der Waals surface area contributed by atoms with E-state index in [1.807, 2.05) is 12.2 Å². The van der Waals surface area contributed by atoms with Crippen molar-refractivity contribution in [3.63, 3.8) is 0 Å². The standard InChI is InChI=1S/C15H13.C6H10.C5H5.2ClH.Zr/c1-10-3-5-12-9-13-6-4-11(2)8-15(13)14(12)7-10;1-2-4-6-5-3-1;1-2-4-5-3-1;;;/h3-5,7-8H,9H2,1-2H3;1-5H2;1-3H,4H2;2*1H;/q-1;;-1;;;+2/p-2. The van der Waals surface area contributed by atoms with Gasteiger partial charge in [0.25, 0.3) is 0 Å². The molecule has 0 unspecified atom stereocenters. The van der Waals surface area contributed by atoms with E-state index in [0.717, 1.165) is 12.8 Å². The predicted molar refractivity (Wildman–Crippen MR) is 113 cm³/mol. The van der Waals surface area contributed by atoms with Crippen LogP contribution >= 0.6 is 0 Å². The summed E-state index contributed by atoms with van der Waals surface area (Å²) in [6.45, 7) is 4.28. The van der Waals surface area contributed by atoms with Crippen LogP contribution in [0.3, 0.4) is 0 Å². The fourth-order valence-corrected chi connectivity index (χ4v) is 4.50. The molecule has 0 radical (unpaired) electrons. The number of benzene rings is 2. The van der Waals surface area contributed by atoms with Crippen LogP contribution in [0.5, 0.6) is 0 Å². The fourth-order valence-electron chi connectivity index (χ4n) is 3.63. The van der Waals surface area contributed by atoms with Gasteiger partial charge < -0.3 is 24.8 Å². The van der Waals surface area contributed by atoms with Crippen LogP contribution < -0.4 is 24.8 Å².